The van der Waals surface area contributed by atoms with Gasteiger partial charge in [0.15, 0.2) is 0 Å². The molecular weight excluding hydrogens is 166 g/mol. The van der Waals surface area contributed by atoms with Crippen molar-refractivity contribution in [1.29, 1.82) is 0 Å². The van der Waals surface area contributed by atoms with E-state index in [9.17, 15) is 4.79 Å². The Morgan fingerprint density at radius 3 is 2.31 bits per heavy atom. The number of aliphatic hydroxyl groups excluding tert-OH is 1. The first-order valence-corrected chi connectivity index (χ1v) is 5.12. The molecule has 0 aromatic carbocycles. The number of fused-ring (bicyclic) bond motifs is 2. The van der Waals surface area contributed by atoms with Gasteiger partial charge in [-0.05, 0) is 31.6 Å². The number of carbonyl (C=O) groups excluding carboxylic acids is 1. The minimum atomic E-state index is 0.212. The predicted octanol–water partition coefficient (Wildman–Crippen LogP) is 0.768. The summed E-state index contributed by atoms with van der Waals surface area (Å²) in [7, 11) is 0. The van der Waals surface area contributed by atoms with Crippen molar-refractivity contribution >= 4 is 5.91 Å². The highest BCUT2D eigenvalue weighted by Crippen LogP contribution is 2.38. The SMILES string of the molecule is CC(=O)N1C2CCC1CC(CO)C2. The molecule has 3 heteroatoms. The van der Waals surface area contributed by atoms with Crippen LogP contribution in [0.1, 0.15) is 32.6 Å². The molecule has 0 saturated carbocycles. The van der Waals surface area contributed by atoms with Gasteiger partial charge in [0, 0.05) is 25.6 Å². The zero-order valence-corrected chi connectivity index (χ0v) is 8.07. The minimum absolute atomic E-state index is 0.212. The van der Waals surface area contributed by atoms with Gasteiger partial charge in [-0.2, -0.15) is 0 Å². The number of aliphatic hydroxyl groups is 1. The van der Waals surface area contributed by atoms with Gasteiger partial charge >= 0.3 is 0 Å². The van der Waals surface area contributed by atoms with Crippen LogP contribution in [0.3, 0.4) is 0 Å². The second-order valence-electron chi connectivity index (χ2n) is 4.33. The van der Waals surface area contributed by atoms with Crippen molar-refractivity contribution in [2.45, 2.75) is 44.7 Å². The maximum Gasteiger partial charge on any atom is 0.219 e. The van der Waals surface area contributed by atoms with Crippen LogP contribution in [0.4, 0.5) is 0 Å². The monoisotopic (exact) mass is 183 g/mol. The summed E-state index contributed by atoms with van der Waals surface area (Å²) >= 11 is 0. The van der Waals surface area contributed by atoms with Crippen LogP contribution >= 0.6 is 0 Å². The summed E-state index contributed by atoms with van der Waals surface area (Å²) in [5.41, 5.74) is 0. The second-order valence-corrected chi connectivity index (χ2v) is 4.33. The van der Waals surface area contributed by atoms with Crippen LogP contribution in [0.2, 0.25) is 0 Å². The molecule has 13 heavy (non-hydrogen) atoms. The van der Waals surface area contributed by atoms with Gasteiger partial charge in [-0.25, -0.2) is 0 Å². The van der Waals surface area contributed by atoms with E-state index in [1.54, 1.807) is 6.92 Å². The lowest BCUT2D eigenvalue weighted by Gasteiger charge is -2.37. The summed E-state index contributed by atoms with van der Waals surface area (Å²) in [5, 5.41) is 9.08. The van der Waals surface area contributed by atoms with Crippen molar-refractivity contribution in [1.82, 2.24) is 4.90 Å². The maximum absolute atomic E-state index is 11.3. The topological polar surface area (TPSA) is 40.5 Å². The van der Waals surface area contributed by atoms with Gasteiger partial charge < -0.3 is 10.0 Å². The number of nitrogens with zero attached hydrogens (tertiary/aromatic N) is 1. The Morgan fingerprint density at radius 2 is 1.92 bits per heavy atom. The van der Waals surface area contributed by atoms with Crippen molar-refractivity contribution in [2.24, 2.45) is 5.92 Å². The molecule has 2 rings (SSSR count). The van der Waals surface area contributed by atoms with Gasteiger partial charge in [0.2, 0.25) is 5.91 Å². The van der Waals surface area contributed by atoms with Crippen molar-refractivity contribution in [3.8, 4) is 0 Å². The molecule has 2 fully saturated rings. The standard InChI is InChI=1S/C10H17NO2/c1-7(13)11-9-2-3-10(11)5-8(4-9)6-12/h8-10,12H,2-6H2,1H3. The molecule has 0 radical (unpaired) electrons. The number of amides is 1. The molecule has 0 aliphatic carbocycles. The first kappa shape index (κ1) is 9.00. The van der Waals surface area contributed by atoms with Gasteiger partial charge in [-0.3, -0.25) is 4.79 Å². The van der Waals surface area contributed by atoms with Gasteiger partial charge in [0.25, 0.3) is 0 Å². The molecule has 1 amide bonds. The van der Waals surface area contributed by atoms with Crippen LogP contribution in [0, 0.1) is 5.92 Å². The molecular formula is C10H17NO2. The summed E-state index contributed by atoms with van der Waals surface area (Å²) < 4.78 is 0. The Labute approximate surface area is 78.7 Å². The third kappa shape index (κ3) is 1.46. The van der Waals surface area contributed by atoms with Crippen LogP contribution in [0.5, 0.6) is 0 Å². The van der Waals surface area contributed by atoms with Gasteiger partial charge in [0.1, 0.15) is 0 Å². The highest BCUT2D eigenvalue weighted by atomic mass is 16.3. The van der Waals surface area contributed by atoms with Crippen LogP contribution in [0.15, 0.2) is 0 Å². The van der Waals surface area contributed by atoms with Crippen LogP contribution in [-0.2, 0) is 4.79 Å². The second kappa shape index (κ2) is 3.29. The Balaban J connectivity index is 2.08. The molecule has 0 spiro atoms. The van der Waals surface area contributed by atoms with E-state index in [0.717, 1.165) is 25.7 Å². The first-order chi connectivity index (χ1) is 6.22. The summed E-state index contributed by atoms with van der Waals surface area (Å²) in [4.78, 5) is 13.4. The summed E-state index contributed by atoms with van der Waals surface area (Å²) in [6.45, 7) is 1.95. The van der Waals surface area contributed by atoms with Crippen molar-refractivity contribution in [2.75, 3.05) is 6.61 Å². The van der Waals surface area contributed by atoms with Crippen LogP contribution in [0.25, 0.3) is 0 Å². The fourth-order valence-electron chi connectivity index (χ4n) is 2.95. The Bertz CT molecular complexity index is 203. The number of hydrogen-bond acceptors (Lipinski definition) is 2. The van der Waals surface area contributed by atoms with E-state index in [2.05, 4.69) is 0 Å². The third-order valence-electron chi connectivity index (χ3n) is 3.45. The van der Waals surface area contributed by atoms with E-state index in [1.807, 2.05) is 4.90 Å². The Kier molecular flexibility index (Phi) is 2.28. The molecule has 3 nitrogen and oxygen atoms in total. The summed E-state index contributed by atoms with van der Waals surface area (Å²) in [6, 6.07) is 0.849. The van der Waals surface area contributed by atoms with Crippen LogP contribution in [-0.4, -0.2) is 34.6 Å². The fraction of sp³-hybridized carbons (Fsp3) is 0.900. The number of carbonyl (C=O) groups is 1. The lowest BCUT2D eigenvalue weighted by molar-refractivity contribution is -0.134. The molecule has 2 unspecified atom stereocenters. The minimum Gasteiger partial charge on any atom is -0.396 e. The molecule has 74 valence electrons. The van der Waals surface area contributed by atoms with Crippen molar-refractivity contribution < 1.29 is 9.90 Å². The fourth-order valence-corrected chi connectivity index (χ4v) is 2.95. The molecule has 0 aromatic heterocycles. The van der Waals surface area contributed by atoms with E-state index >= 15 is 0 Å². The van der Waals surface area contributed by atoms with Gasteiger partial charge in [0.05, 0.1) is 0 Å². The molecule has 2 aliphatic rings. The van der Waals surface area contributed by atoms with Crippen molar-refractivity contribution in [3.05, 3.63) is 0 Å². The van der Waals surface area contributed by atoms with E-state index in [-0.39, 0.29) is 5.91 Å². The predicted molar refractivity (Wildman–Crippen MR) is 49.1 cm³/mol. The highest BCUT2D eigenvalue weighted by Gasteiger charge is 2.41. The number of piperidine rings is 1. The maximum atomic E-state index is 11.3. The number of rotatable bonds is 1. The summed E-state index contributed by atoms with van der Waals surface area (Å²) in [6.07, 6.45) is 4.29. The third-order valence-corrected chi connectivity index (χ3v) is 3.45. The van der Waals surface area contributed by atoms with Gasteiger partial charge in [-0.1, -0.05) is 0 Å². The molecule has 2 saturated heterocycles. The smallest absolute Gasteiger partial charge is 0.219 e. The summed E-state index contributed by atoms with van der Waals surface area (Å²) in [5.74, 6) is 0.650. The molecule has 2 aliphatic heterocycles. The van der Waals surface area contributed by atoms with E-state index < -0.39 is 0 Å². The average Bonchev–Trinajstić information content (AvgIpc) is 2.37. The quantitative estimate of drug-likeness (QED) is 0.652. The first-order valence-electron chi connectivity index (χ1n) is 5.12. The van der Waals surface area contributed by atoms with E-state index in [4.69, 9.17) is 5.11 Å². The Hall–Kier alpha value is -0.570. The average molecular weight is 183 g/mol. The zero-order chi connectivity index (χ0) is 9.42. The lowest BCUT2D eigenvalue weighted by atomic mass is 9.91. The van der Waals surface area contributed by atoms with Gasteiger partial charge in [-0.15, -0.1) is 0 Å². The molecule has 2 bridgehead atoms. The van der Waals surface area contributed by atoms with E-state index in [0.29, 0.717) is 24.6 Å². The molecule has 1 N–H and O–H groups in total. The molecule has 2 heterocycles. The number of hydrogen-bond donors (Lipinski definition) is 1. The normalized spacial score (nSPS) is 38.0. The lowest BCUT2D eigenvalue weighted by Crippen LogP contribution is -2.46. The highest BCUT2D eigenvalue weighted by molar-refractivity contribution is 5.74. The molecule has 2 atom stereocenters. The molecule has 0 aromatic rings. The van der Waals surface area contributed by atoms with Crippen LogP contribution < -0.4 is 0 Å². The zero-order valence-electron chi connectivity index (χ0n) is 8.07. The largest absolute Gasteiger partial charge is 0.396 e. The van der Waals surface area contributed by atoms with E-state index in [1.165, 1.54) is 0 Å². The Morgan fingerprint density at radius 1 is 1.38 bits per heavy atom. The van der Waals surface area contributed by atoms with Crippen molar-refractivity contribution in [3.63, 3.8) is 0 Å².